The van der Waals surface area contributed by atoms with Crippen LogP contribution in [-0.2, 0) is 0 Å². The van der Waals surface area contributed by atoms with Crippen LogP contribution in [0.15, 0.2) is 36.4 Å². The summed E-state index contributed by atoms with van der Waals surface area (Å²) in [5.74, 6) is 0.565. The third kappa shape index (κ3) is 2.62. The van der Waals surface area contributed by atoms with E-state index in [2.05, 4.69) is 19.2 Å². The summed E-state index contributed by atoms with van der Waals surface area (Å²) in [6, 6.07) is 10.5. The molecular formula is C15H17NO2. The zero-order valence-corrected chi connectivity index (χ0v) is 10.6. The Kier molecular flexibility index (Phi) is 3.51. The SMILES string of the molecule is CC(C)CNC(=O)c1cccc2cc(O)ccc12. The maximum atomic E-state index is 12.1. The van der Waals surface area contributed by atoms with Crippen molar-refractivity contribution in [3.63, 3.8) is 0 Å². The molecule has 2 aromatic rings. The lowest BCUT2D eigenvalue weighted by molar-refractivity contribution is 0.0950. The molecule has 0 aliphatic carbocycles. The van der Waals surface area contributed by atoms with Gasteiger partial charge in [0.15, 0.2) is 0 Å². The summed E-state index contributed by atoms with van der Waals surface area (Å²) in [6.45, 7) is 4.77. The molecule has 0 fully saturated rings. The molecular weight excluding hydrogens is 226 g/mol. The molecule has 0 spiro atoms. The topological polar surface area (TPSA) is 49.3 Å². The van der Waals surface area contributed by atoms with Crippen molar-refractivity contribution in [1.29, 1.82) is 0 Å². The first kappa shape index (κ1) is 12.4. The van der Waals surface area contributed by atoms with Crippen LogP contribution in [-0.4, -0.2) is 17.6 Å². The molecule has 0 heterocycles. The van der Waals surface area contributed by atoms with E-state index in [1.54, 1.807) is 24.3 Å². The maximum Gasteiger partial charge on any atom is 0.251 e. The van der Waals surface area contributed by atoms with Crippen molar-refractivity contribution in [1.82, 2.24) is 5.32 Å². The number of fused-ring (bicyclic) bond motifs is 1. The van der Waals surface area contributed by atoms with Crippen LogP contribution >= 0.6 is 0 Å². The van der Waals surface area contributed by atoms with Crippen LogP contribution in [0.25, 0.3) is 10.8 Å². The molecule has 0 atom stereocenters. The molecule has 0 unspecified atom stereocenters. The first-order chi connectivity index (χ1) is 8.58. The number of aromatic hydroxyl groups is 1. The quantitative estimate of drug-likeness (QED) is 0.870. The monoisotopic (exact) mass is 243 g/mol. The van der Waals surface area contributed by atoms with Crippen molar-refractivity contribution in [3.8, 4) is 5.75 Å². The highest BCUT2D eigenvalue weighted by molar-refractivity contribution is 6.07. The van der Waals surface area contributed by atoms with E-state index in [1.165, 1.54) is 0 Å². The Morgan fingerprint density at radius 2 is 2.06 bits per heavy atom. The number of benzene rings is 2. The smallest absolute Gasteiger partial charge is 0.251 e. The van der Waals surface area contributed by atoms with Crippen molar-refractivity contribution < 1.29 is 9.90 Å². The van der Waals surface area contributed by atoms with E-state index in [0.717, 1.165) is 10.8 Å². The molecule has 2 aromatic carbocycles. The summed E-state index contributed by atoms with van der Waals surface area (Å²) >= 11 is 0. The second-order valence-corrected chi connectivity index (χ2v) is 4.81. The molecule has 18 heavy (non-hydrogen) atoms. The van der Waals surface area contributed by atoms with Gasteiger partial charge in [0.1, 0.15) is 5.75 Å². The van der Waals surface area contributed by atoms with E-state index in [-0.39, 0.29) is 11.7 Å². The van der Waals surface area contributed by atoms with Gasteiger partial charge in [0.25, 0.3) is 5.91 Å². The lowest BCUT2D eigenvalue weighted by Gasteiger charge is -2.10. The highest BCUT2D eigenvalue weighted by Gasteiger charge is 2.10. The van der Waals surface area contributed by atoms with Gasteiger partial charge in [-0.15, -0.1) is 0 Å². The maximum absolute atomic E-state index is 12.1. The van der Waals surface area contributed by atoms with Crippen molar-refractivity contribution in [2.45, 2.75) is 13.8 Å². The molecule has 1 amide bonds. The number of hydrogen-bond donors (Lipinski definition) is 2. The summed E-state index contributed by atoms with van der Waals surface area (Å²) in [4.78, 5) is 12.1. The van der Waals surface area contributed by atoms with Crippen molar-refractivity contribution in [2.24, 2.45) is 5.92 Å². The van der Waals surface area contributed by atoms with Crippen LogP contribution in [0.3, 0.4) is 0 Å². The lowest BCUT2D eigenvalue weighted by atomic mass is 10.0. The zero-order valence-electron chi connectivity index (χ0n) is 10.6. The number of rotatable bonds is 3. The number of carbonyl (C=O) groups is 1. The van der Waals surface area contributed by atoms with Gasteiger partial charge in [0, 0.05) is 12.1 Å². The fraction of sp³-hybridized carbons (Fsp3) is 0.267. The molecule has 94 valence electrons. The minimum Gasteiger partial charge on any atom is -0.508 e. The zero-order chi connectivity index (χ0) is 13.1. The second-order valence-electron chi connectivity index (χ2n) is 4.81. The Morgan fingerprint density at radius 1 is 1.28 bits per heavy atom. The molecule has 0 radical (unpaired) electrons. The number of carbonyl (C=O) groups excluding carboxylic acids is 1. The molecule has 0 aliphatic heterocycles. The van der Waals surface area contributed by atoms with Gasteiger partial charge in [0.05, 0.1) is 0 Å². The standard InChI is InChI=1S/C15H17NO2/c1-10(2)9-16-15(18)14-5-3-4-11-8-12(17)6-7-13(11)14/h3-8,10,17H,9H2,1-2H3,(H,16,18). The summed E-state index contributed by atoms with van der Waals surface area (Å²) < 4.78 is 0. The predicted octanol–water partition coefficient (Wildman–Crippen LogP) is 2.93. The molecule has 0 saturated carbocycles. The van der Waals surface area contributed by atoms with Crippen molar-refractivity contribution in [2.75, 3.05) is 6.54 Å². The normalized spacial score (nSPS) is 10.8. The van der Waals surface area contributed by atoms with Gasteiger partial charge in [-0.1, -0.05) is 26.0 Å². The van der Waals surface area contributed by atoms with Crippen LogP contribution in [0.5, 0.6) is 5.75 Å². The Hall–Kier alpha value is -2.03. The first-order valence-corrected chi connectivity index (χ1v) is 6.08. The van der Waals surface area contributed by atoms with Crippen LogP contribution in [0.4, 0.5) is 0 Å². The van der Waals surface area contributed by atoms with Crippen LogP contribution in [0.2, 0.25) is 0 Å². The van der Waals surface area contributed by atoms with E-state index in [9.17, 15) is 9.90 Å². The van der Waals surface area contributed by atoms with Gasteiger partial charge >= 0.3 is 0 Å². The van der Waals surface area contributed by atoms with Gasteiger partial charge in [0.2, 0.25) is 0 Å². The molecule has 0 saturated heterocycles. The number of phenols is 1. The molecule has 0 bridgehead atoms. The fourth-order valence-corrected chi connectivity index (χ4v) is 1.86. The Morgan fingerprint density at radius 3 is 2.78 bits per heavy atom. The van der Waals surface area contributed by atoms with Crippen molar-refractivity contribution in [3.05, 3.63) is 42.0 Å². The number of hydrogen-bond acceptors (Lipinski definition) is 2. The van der Waals surface area contributed by atoms with E-state index in [0.29, 0.717) is 18.0 Å². The van der Waals surface area contributed by atoms with Crippen molar-refractivity contribution >= 4 is 16.7 Å². The second kappa shape index (κ2) is 5.08. The molecule has 3 heteroatoms. The lowest BCUT2D eigenvalue weighted by Crippen LogP contribution is -2.27. The molecule has 0 aromatic heterocycles. The van der Waals surface area contributed by atoms with Gasteiger partial charge in [-0.3, -0.25) is 4.79 Å². The van der Waals surface area contributed by atoms with Crippen LogP contribution in [0, 0.1) is 5.92 Å². The van der Waals surface area contributed by atoms with Crippen LogP contribution in [0.1, 0.15) is 24.2 Å². The highest BCUT2D eigenvalue weighted by atomic mass is 16.3. The van der Waals surface area contributed by atoms with Gasteiger partial charge in [-0.25, -0.2) is 0 Å². The minimum absolute atomic E-state index is 0.0695. The summed E-state index contributed by atoms with van der Waals surface area (Å²) in [5.41, 5.74) is 0.646. The molecule has 0 aliphatic rings. The summed E-state index contributed by atoms with van der Waals surface area (Å²) in [6.07, 6.45) is 0. The summed E-state index contributed by atoms with van der Waals surface area (Å²) in [7, 11) is 0. The molecule has 2 N–H and O–H groups in total. The highest BCUT2D eigenvalue weighted by Crippen LogP contribution is 2.23. The Bertz CT molecular complexity index is 576. The fourth-order valence-electron chi connectivity index (χ4n) is 1.86. The third-order valence-electron chi connectivity index (χ3n) is 2.78. The third-order valence-corrected chi connectivity index (χ3v) is 2.78. The van der Waals surface area contributed by atoms with E-state index in [1.807, 2.05) is 12.1 Å². The Balaban J connectivity index is 2.36. The average molecular weight is 243 g/mol. The largest absolute Gasteiger partial charge is 0.508 e. The molecule has 3 nitrogen and oxygen atoms in total. The Labute approximate surface area is 106 Å². The van der Waals surface area contributed by atoms with Gasteiger partial charge < -0.3 is 10.4 Å². The van der Waals surface area contributed by atoms with E-state index >= 15 is 0 Å². The first-order valence-electron chi connectivity index (χ1n) is 6.08. The van der Waals surface area contributed by atoms with Crippen LogP contribution < -0.4 is 5.32 Å². The van der Waals surface area contributed by atoms with Gasteiger partial charge in [-0.2, -0.15) is 0 Å². The minimum atomic E-state index is -0.0695. The van der Waals surface area contributed by atoms with E-state index in [4.69, 9.17) is 0 Å². The van der Waals surface area contributed by atoms with Gasteiger partial charge in [-0.05, 0) is 41.0 Å². The summed E-state index contributed by atoms with van der Waals surface area (Å²) in [5, 5.41) is 14.1. The van der Waals surface area contributed by atoms with E-state index < -0.39 is 0 Å². The number of phenolic OH excluding ortho intramolecular Hbond substituents is 1. The predicted molar refractivity (Wildman–Crippen MR) is 72.8 cm³/mol. The number of nitrogens with one attached hydrogen (secondary N) is 1. The molecule has 2 rings (SSSR count). The number of amides is 1. The average Bonchev–Trinajstić information content (AvgIpc) is 2.34.